The van der Waals surface area contributed by atoms with Crippen LogP contribution < -0.4 is 5.73 Å². The Hall–Kier alpha value is -1.13. The van der Waals surface area contributed by atoms with Crippen LogP contribution in [-0.4, -0.2) is 34.9 Å². The summed E-state index contributed by atoms with van der Waals surface area (Å²) >= 11 is 5.94. The topological polar surface area (TPSA) is 59.2 Å². The first-order chi connectivity index (χ1) is 8.24. The van der Waals surface area contributed by atoms with E-state index in [4.69, 9.17) is 17.3 Å². The van der Waals surface area contributed by atoms with Gasteiger partial charge in [-0.2, -0.15) is 0 Å². The Morgan fingerprint density at radius 3 is 3.12 bits per heavy atom. The summed E-state index contributed by atoms with van der Waals surface area (Å²) in [5, 5.41) is 0.263. The van der Waals surface area contributed by atoms with E-state index in [1.165, 1.54) is 0 Å². The van der Waals surface area contributed by atoms with Gasteiger partial charge in [-0.25, -0.2) is 4.98 Å². The largest absolute Gasteiger partial charge is 0.334 e. The Morgan fingerprint density at radius 1 is 1.59 bits per heavy atom. The molecule has 0 saturated carbocycles. The van der Waals surface area contributed by atoms with Crippen LogP contribution in [0.5, 0.6) is 0 Å². The van der Waals surface area contributed by atoms with Crippen molar-refractivity contribution < 1.29 is 4.79 Å². The number of carbonyl (C=O) groups excluding carboxylic acids is 1. The first kappa shape index (κ1) is 12.3. The normalized spacial score (nSPS) is 20.4. The zero-order valence-corrected chi connectivity index (χ0v) is 10.4. The SMILES string of the molecule is NC[C@@H]1CCCCN1C(=O)c1cccnc1Cl. The van der Waals surface area contributed by atoms with E-state index in [0.29, 0.717) is 12.1 Å². The Bertz CT molecular complexity index is 410. The molecule has 5 heteroatoms. The number of pyridine rings is 1. The van der Waals surface area contributed by atoms with Crippen LogP contribution >= 0.6 is 11.6 Å². The molecule has 0 aliphatic carbocycles. The fourth-order valence-corrected chi connectivity index (χ4v) is 2.41. The Kier molecular flexibility index (Phi) is 3.97. The van der Waals surface area contributed by atoms with Crippen LogP contribution in [0.2, 0.25) is 5.15 Å². The van der Waals surface area contributed by atoms with E-state index in [9.17, 15) is 4.79 Å². The Morgan fingerprint density at radius 2 is 2.41 bits per heavy atom. The maximum Gasteiger partial charge on any atom is 0.257 e. The molecule has 92 valence electrons. The van der Waals surface area contributed by atoms with Gasteiger partial charge in [0.1, 0.15) is 5.15 Å². The number of amides is 1. The fourth-order valence-electron chi connectivity index (χ4n) is 2.21. The van der Waals surface area contributed by atoms with E-state index in [0.717, 1.165) is 25.8 Å². The van der Waals surface area contributed by atoms with E-state index < -0.39 is 0 Å². The second-order valence-corrected chi connectivity index (χ2v) is 4.58. The molecule has 4 nitrogen and oxygen atoms in total. The minimum absolute atomic E-state index is 0.0572. The Balaban J connectivity index is 2.21. The van der Waals surface area contributed by atoms with Gasteiger partial charge in [-0.3, -0.25) is 4.79 Å². The number of piperidine rings is 1. The number of carbonyl (C=O) groups is 1. The summed E-state index contributed by atoms with van der Waals surface area (Å²) < 4.78 is 0. The van der Waals surface area contributed by atoms with Crippen LogP contribution in [0.4, 0.5) is 0 Å². The fraction of sp³-hybridized carbons (Fsp3) is 0.500. The van der Waals surface area contributed by atoms with Crippen molar-refractivity contribution in [2.24, 2.45) is 5.73 Å². The van der Waals surface area contributed by atoms with Crippen molar-refractivity contribution in [1.82, 2.24) is 9.88 Å². The lowest BCUT2D eigenvalue weighted by Crippen LogP contribution is -2.47. The number of nitrogens with zero attached hydrogens (tertiary/aromatic N) is 2. The van der Waals surface area contributed by atoms with E-state index in [1.54, 1.807) is 18.3 Å². The summed E-state index contributed by atoms with van der Waals surface area (Å²) in [7, 11) is 0. The van der Waals surface area contributed by atoms with Crippen LogP contribution in [0.15, 0.2) is 18.3 Å². The lowest BCUT2D eigenvalue weighted by atomic mass is 10.0. The minimum atomic E-state index is -0.0572. The Labute approximate surface area is 106 Å². The van der Waals surface area contributed by atoms with Crippen molar-refractivity contribution >= 4 is 17.5 Å². The molecular weight excluding hydrogens is 238 g/mol. The molecule has 0 spiro atoms. The molecule has 2 heterocycles. The number of hydrogen-bond donors (Lipinski definition) is 1. The second kappa shape index (κ2) is 5.47. The first-order valence-corrected chi connectivity index (χ1v) is 6.23. The van der Waals surface area contributed by atoms with Gasteiger partial charge in [-0.15, -0.1) is 0 Å². The molecule has 0 aromatic carbocycles. The summed E-state index contributed by atoms with van der Waals surface area (Å²) in [5.74, 6) is -0.0572. The molecule has 1 fully saturated rings. The van der Waals surface area contributed by atoms with Crippen molar-refractivity contribution in [3.63, 3.8) is 0 Å². The molecule has 0 radical (unpaired) electrons. The molecule has 1 aliphatic rings. The number of hydrogen-bond acceptors (Lipinski definition) is 3. The van der Waals surface area contributed by atoms with Gasteiger partial charge >= 0.3 is 0 Å². The highest BCUT2D eigenvalue weighted by molar-refractivity contribution is 6.32. The van der Waals surface area contributed by atoms with Crippen LogP contribution in [0.1, 0.15) is 29.6 Å². The van der Waals surface area contributed by atoms with Gasteiger partial charge in [-0.1, -0.05) is 11.6 Å². The second-order valence-electron chi connectivity index (χ2n) is 4.23. The van der Waals surface area contributed by atoms with Crippen molar-refractivity contribution in [1.29, 1.82) is 0 Å². The van der Waals surface area contributed by atoms with Crippen molar-refractivity contribution in [2.45, 2.75) is 25.3 Å². The van der Waals surface area contributed by atoms with Gasteiger partial charge in [0.25, 0.3) is 5.91 Å². The third-order valence-corrected chi connectivity index (χ3v) is 3.45. The third kappa shape index (κ3) is 2.58. The van der Waals surface area contributed by atoms with Crippen LogP contribution in [-0.2, 0) is 0 Å². The summed E-state index contributed by atoms with van der Waals surface area (Å²) in [6.07, 6.45) is 4.71. The summed E-state index contributed by atoms with van der Waals surface area (Å²) in [6, 6.07) is 3.56. The average molecular weight is 254 g/mol. The van der Waals surface area contributed by atoms with Gasteiger partial charge in [0.15, 0.2) is 0 Å². The maximum absolute atomic E-state index is 12.3. The lowest BCUT2D eigenvalue weighted by Gasteiger charge is -2.35. The molecule has 0 bridgehead atoms. The van der Waals surface area contributed by atoms with Gasteiger partial charge in [0.05, 0.1) is 5.56 Å². The summed E-state index contributed by atoms with van der Waals surface area (Å²) in [5.41, 5.74) is 6.17. The number of halogens is 1. The van der Waals surface area contributed by atoms with Crippen molar-refractivity contribution in [3.05, 3.63) is 29.0 Å². The lowest BCUT2D eigenvalue weighted by molar-refractivity contribution is 0.0623. The highest BCUT2D eigenvalue weighted by Gasteiger charge is 2.27. The van der Waals surface area contributed by atoms with Crippen molar-refractivity contribution in [2.75, 3.05) is 13.1 Å². The molecule has 1 amide bonds. The smallest absolute Gasteiger partial charge is 0.257 e. The molecule has 1 aliphatic heterocycles. The monoisotopic (exact) mass is 253 g/mol. The van der Waals surface area contributed by atoms with E-state index in [-0.39, 0.29) is 17.1 Å². The average Bonchev–Trinajstić information content (AvgIpc) is 2.38. The maximum atomic E-state index is 12.3. The van der Waals surface area contributed by atoms with Gasteiger partial charge in [-0.05, 0) is 31.4 Å². The molecule has 0 unspecified atom stereocenters. The summed E-state index contributed by atoms with van der Waals surface area (Å²) in [6.45, 7) is 1.26. The van der Waals surface area contributed by atoms with Gasteiger partial charge in [0, 0.05) is 25.3 Å². The van der Waals surface area contributed by atoms with Crippen LogP contribution in [0, 0.1) is 0 Å². The van der Waals surface area contributed by atoms with E-state index in [1.807, 2.05) is 4.90 Å². The van der Waals surface area contributed by atoms with Gasteiger partial charge in [0.2, 0.25) is 0 Å². The predicted molar refractivity (Wildman–Crippen MR) is 67.0 cm³/mol. The third-order valence-electron chi connectivity index (χ3n) is 3.15. The quantitative estimate of drug-likeness (QED) is 0.816. The van der Waals surface area contributed by atoms with E-state index >= 15 is 0 Å². The zero-order valence-electron chi connectivity index (χ0n) is 9.60. The molecule has 2 rings (SSSR count). The number of aromatic nitrogens is 1. The molecule has 1 saturated heterocycles. The highest BCUT2D eigenvalue weighted by atomic mass is 35.5. The molecular formula is C12H16ClN3O. The van der Waals surface area contributed by atoms with Gasteiger partial charge < -0.3 is 10.6 Å². The number of likely N-dealkylation sites (tertiary alicyclic amines) is 1. The number of rotatable bonds is 2. The molecule has 1 aromatic rings. The van der Waals surface area contributed by atoms with E-state index in [2.05, 4.69) is 4.98 Å². The number of nitrogens with two attached hydrogens (primary N) is 1. The standard InChI is InChI=1S/C12H16ClN3O/c13-11-10(5-3-6-15-11)12(17)16-7-2-1-4-9(16)8-14/h3,5-6,9H,1-2,4,7-8,14H2/t9-/m0/s1. The molecule has 2 N–H and O–H groups in total. The molecule has 1 atom stereocenters. The predicted octanol–water partition coefficient (Wildman–Crippen LogP) is 1.69. The summed E-state index contributed by atoms with van der Waals surface area (Å²) in [4.78, 5) is 18.1. The minimum Gasteiger partial charge on any atom is -0.334 e. The first-order valence-electron chi connectivity index (χ1n) is 5.85. The van der Waals surface area contributed by atoms with Crippen molar-refractivity contribution in [3.8, 4) is 0 Å². The molecule has 1 aromatic heterocycles. The zero-order chi connectivity index (χ0) is 12.3. The highest BCUT2D eigenvalue weighted by Crippen LogP contribution is 2.21. The van der Waals surface area contributed by atoms with Crippen LogP contribution in [0.3, 0.4) is 0 Å². The molecule has 17 heavy (non-hydrogen) atoms. The van der Waals surface area contributed by atoms with Crippen LogP contribution in [0.25, 0.3) is 0 Å².